The van der Waals surface area contributed by atoms with E-state index in [1.165, 1.54) is 0 Å². The topological polar surface area (TPSA) is 0 Å². The lowest BCUT2D eigenvalue weighted by atomic mass is 9.90. The third-order valence-electron chi connectivity index (χ3n) is 2.83. The van der Waals surface area contributed by atoms with Crippen LogP contribution >= 0.6 is 15.9 Å². The summed E-state index contributed by atoms with van der Waals surface area (Å²) in [7, 11) is 0. The Morgan fingerprint density at radius 3 is 1.81 bits per heavy atom. The molecule has 0 nitrogen and oxygen atoms in total. The standard InChI is InChI=1S/C12H14BrF3/c1-6(2)7(3)12(13)11-9(15)4-8(14)5-10(11)16/h4-7,12H,1-3H3. The van der Waals surface area contributed by atoms with Gasteiger partial charge in [0.2, 0.25) is 0 Å². The Kier molecular flexibility index (Phi) is 4.42. The van der Waals surface area contributed by atoms with E-state index < -0.39 is 22.3 Å². The molecule has 1 aromatic rings. The Balaban J connectivity index is 3.13. The van der Waals surface area contributed by atoms with E-state index >= 15 is 0 Å². The maximum atomic E-state index is 13.5. The largest absolute Gasteiger partial charge is 0.207 e. The van der Waals surface area contributed by atoms with Crippen molar-refractivity contribution >= 4 is 15.9 Å². The van der Waals surface area contributed by atoms with Crippen LogP contribution in [0.4, 0.5) is 13.2 Å². The van der Waals surface area contributed by atoms with Crippen LogP contribution in [-0.4, -0.2) is 0 Å². The van der Waals surface area contributed by atoms with E-state index in [1.54, 1.807) is 0 Å². The van der Waals surface area contributed by atoms with Gasteiger partial charge in [-0.05, 0) is 11.8 Å². The summed E-state index contributed by atoms with van der Waals surface area (Å²) in [5.74, 6) is -2.25. The van der Waals surface area contributed by atoms with Crippen LogP contribution in [0.1, 0.15) is 31.2 Å². The van der Waals surface area contributed by atoms with Gasteiger partial charge in [0.1, 0.15) is 17.5 Å². The quantitative estimate of drug-likeness (QED) is 0.700. The monoisotopic (exact) mass is 294 g/mol. The van der Waals surface area contributed by atoms with Crippen molar-refractivity contribution in [1.82, 2.24) is 0 Å². The summed E-state index contributed by atoms with van der Waals surface area (Å²) in [5, 5.41) is 0. The summed E-state index contributed by atoms with van der Waals surface area (Å²) < 4.78 is 39.7. The fourth-order valence-electron chi connectivity index (χ4n) is 1.42. The van der Waals surface area contributed by atoms with Crippen LogP contribution in [0.15, 0.2) is 12.1 Å². The molecule has 0 heterocycles. The Hall–Kier alpha value is -0.510. The van der Waals surface area contributed by atoms with E-state index in [-0.39, 0.29) is 17.4 Å². The number of rotatable bonds is 3. The highest BCUT2D eigenvalue weighted by Crippen LogP contribution is 2.38. The molecule has 4 heteroatoms. The van der Waals surface area contributed by atoms with Gasteiger partial charge in [-0.25, -0.2) is 13.2 Å². The lowest BCUT2D eigenvalue weighted by Crippen LogP contribution is -2.13. The van der Waals surface area contributed by atoms with E-state index in [4.69, 9.17) is 0 Å². The normalized spacial score (nSPS) is 15.2. The molecule has 0 spiro atoms. The van der Waals surface area contributed by atoms with Gasteiger partial charge in [0.05, 0.1) is 0 Å². The van der Waals surface area contributed by atoms with Crippen molar-refractivity contribution in [2.24, 2.45) is 11.8 Å². The van der Waals surface area contributed by atoms with Gasteiger partial charge in [-0.3, -0.25) is 0 Å². The van der Waals surface area contributed by atoms with E-state index in [1.807, 2.05) is 20.8 Å². The number of benzene rings is 1. The molecule has 1 rings (SSSR count). The van der Waals surface area contributed by atoms with Crippen molar-refractivity contribution in [2.45, 2.75) is 25.6 Å². The van der Waals surface area contributed by atoms with Gasteiger partial charge in [0.15, 0.2) is 0 Å². The first-order valence-electron chi connectivity index (χ1n) is 5.13. The maximum absolute atomic E-state index is 13.5. The van der Waals surface area contributed by atoms with E-state index in [0.29, 0.717) is 12.1 Å². The lowest BCUT2D eigenvalue weighted by molar-refractivity contribution is 0.397. The molecular weight excluding hydrogens is 281 g/mol. The first-order chi connectivity index (χ1) is 7.34. The van der Waals surface area contributed by atoms with Crippen molar-refractivity contribution in [2.75, 3.05) is 0 Å². The molecule has 0 bridgehead atoms. The maximum Gasteiger partial charge on any atom is 0.133 e. The van der Waals surface area contributed by atoms with Crippen LogP contribution in [0.2, 0.25) is 0 Å². The molecule has 16 heavy (non-hydrogen) atoms. The molecular formula is C12H14BrF3. The Morgan fingerprint density at radius 1 is 1.00 bits per heavy atom. The third-order valence-corrected chi connectivity index (χ3v) is 4.12. The minimum Gasteiger partial charge on any atom is -0.207 e. The number of alkyl halides is 1. The smallest absolute Gasteiger partial charge is 0.133 e. The molecule has 2 unspecified atom stereocenters. The minimum atomic E-state index is -0.893. The van der Waals surface area contributed by atoms with Crippen molar-refractivity contribution in [1.29, 1.82) is 0 Å². The molecule has 0 radical (unpaired) electrons. The van der Waals surface area contributed by atoms with Gasteiger partial charge in [-0.2, -0.15) is 0 Å². The van der Waals surface area contributed by atoms with Gasteiger partial charge in [0, 0.05) is 22.5 Å². The summed E-state index contributed by atoms with van der Waals surface area (Å²) in [4.78, 5) is -0.451. The Morgan fingerprint density at radius 2 is 1.44 bits per heavy atom. The molecule has 0 aliphatic rings. The molecule has 0 aliphatic heterocycles. The van der Waals surface area contributed by atoms with Crippen LogP contribution < -0.4 is 0 Å². The van der Waals surface area contributed by atoms with E-state index in [2.05, 4.69) is 15.9 Å². The zero-order chi connectivity index (χ0) is 12.5. The van der Waals surface area contributed by atoms with Gasteiger partial charge < -0.3 is 0 Å². The molecule has 90 valence electrons. The highest BCUT2D eigenvalue weighted by atomic mass is 79.9. The van der Waals surface area contributed by atoms with Crippen LogP contribution in [0.25, 0.3) is 0 Å². The second kappa shape index (κ2) is 5.21. The average Bonchev–Trinajstić information content (AvgIpc) is 2.14. The van der Waals surface area contributed by atoms with E-state index in [9.17, 15) is 13.2 Å². The van der Waals surface area contributed by atoms with Crippen molar-refractivity contribution < 1.29 is 13.2 Å². The molecule has 0 N–H and O–H groups in total. The number of hydrogen-bond acceptors (Lipinski definition) is 0. The first kappa shape index (κ1) is 13.6. The SMILES string of the molecule is CC(C)C(C)C(Br)c1c(F)cc(F)cc1F. The molecule has 0 saturated heterocycles. The zero-order valence-corrected chi connectivity index (χ0v) is 11.0. The molecule has 0 aromatic heterocycles. The van der Waals surface area contributed by atoms with Crippen molar-refractivity contribution in [3.8, 4) is 0 Å². The predicted molar refractivity (Wildman–Crippen MR) is 62.0 cm³/mol. The fourth-order valence-corrected chi connectivity index (χ4v) is 2.47. The first-order valence-corrected chi connectivity index (χ1v) is 6.04. The second-order valence-corrected chi connectivity index (χ2v) is 5.27. The summed E-state index contributed by atoms with van der Waals surface area (Å²) in [6, 6.07) is 1.42. The number of halogens is 4. The predicted octanol–water partition coefficient (Wildman–Crippen LogP) is 4.83. The van der Waals surface area contributed by atoms with Crippen molar-refractivity contribution in [3.63, 3.8) is 0 Å². The van der Waals surface area contributed by atoms with Crippen molar-refractivity contribution in [3.05, 3.63) is 35.1 Å². The molecule has 2 atom stereocenters. The van der Waals surface area contributed by atoms with Crippen LogP contribution in [0.5, 0.6) is 0 Å². The minimum absolute atomic E-state index is 0.0504. The molecule has 0 fully saturated rings. The summed E-state index contributed by atoms with van der Waals surface area (Å²) >= 11 is 3.28. The molecule has 0 amide bonds. The molecule has 0 aliphatic carbocycles. The van der Waals surface area contributed by atoms with Gasteiger partial charge in [-0.1, -0.05) is 36.7 Å². The van der Waals surface area contributed by atoms with Crippen LogP contribution in [0, 0.1) is 29.3 Å². The highest BCUT2D eigenvalue weighted by molar-refractivity contribution is 9.09. The third kappa shape index (κ3) is 2.78. The zero-order valence-electron chi connectivity index (χ0n) is 9.40. The fraction of sp³-hybridized carbons (Fsp3) is 0.500. The summed E-state index contributed by atoms with van der Waals surface area (Å²) in [6.45, 7) is 5.84. The number of hydrogen-bond donors (Lipinski definition) is 0. The van der Waals surface area contributed by atoms with Gasteiger partial charge >= 0.3 is 0 Å². The average molecular weight is 295 g/mol. The van der Waals surface area contributed by atoms with Crippen LogP contribution in [0.3, 0.4) is 0 Å². The van der Waals surface area contributed by atoms with Gasteiger partial charge in [0.25, 0.3) is 0 Å². The molecule has 0 saturated carbocycles. The second-order valence-electron chi connectivity index (χ2n) is 4.29. The van der Waals surface area contributed by atoms with Crippen LogP contribution in [-0.2, 0) is 0 Å². The van der Waals surface area contributed by atoms with Gasteiger partial charge in [-0.15, -0.1) is 0 Å². The van der Waals surface area contributed by atoms with E-state index in [0.717, 1.165) is 0 Å². The molecule has 1 aromatic carbocycles. The Bertz CT molecular complexity index is 354. The summed E-state index contributed by atoms with van der Waals surface area (Å²) in [6.07, 6.45) is 0. The Labute approximate surface area is 102 Å². The summed E-state index contributed by atoms with van der Waals surface area (Å²) in [5.41, 5.74) is -0.0948. The highest BCUT2D eigenvalue weighted by Gasteiger charge is 2.25. The lowest BCUT2D eigenvalue weighted by Gasteiger charge is -2.23.